The zero-order chi connectivity index (χ0) is 28.2. The Labute approximate surface area is 241 Å². The molecule has 41 heavy (non-hydrogen) atoms. The number of hydrogen-bond donors (Lipinski definition) is 2. The number of hydrazone groups is 1. The van der Waals surface area contributed by atoms with Crippen molar-refractivity contribution in [1.29, 1.82) is 0 Å². The van der Waals surface area contributed by atoms with E-state index in [-0.39, 0.29) is 25.0 Å². The molecule has 1 heterocycles. The van der Waals surface area contributed by atoms with Crippen LogP contribution in [0.25, 0.3) is 0 Å². The van der Waals surface area contributed by atoms with Crippen molar-refractivity contribution >= 4 is 23.7 Å². The van der Waals surface area contributed by atoms with E-state index in [1.54, 1.807) is 31.5 Å². The zero-order valence-electron chi connectivity index (χ0n) is 23.8. The van der Waals surface area contributed by atoms with E-state index in [1.165, 1.54) is 44.1 Å². The monoisotopic (exact) mass is 560 g/mol. The second kappa shape index (κ2) is 12.2. The first-order valence-corrected chi connectivity index (χ1v) is 14.8. The Kier molecular flexibility index (Phi) is 8.25. The van der Waals surface area contributed by atoms with Gasteiger partial charge in [-0.1, -0.05) is 12.1 Å². The molecule has 0 radical (unpaired) electrons. The van der Waals surface area contributed by atoms with Crippen molar-refractivity contribution in [3.63, 3.8) is 0 Å². The van der Waals surface area contributed by atoms with Crippen LogP contribution in [0.1, 0.15) is 49.7 Å². The van der Waals surface area contributed by atoms with Gasteiger partial charge in [0, 0.05) is 18.8 Å². The highest BCUT2D eigenvalue weighted by Gasteiger charge is 2.51. The quantitative estimate of drug-likeness (QED) is 0.337. The molecule has 4 bridgehead atoms. The van der Waals surface area contributed by atoms with Crippen LogP contribution in [0.4, 0.5) is 5.69 Å². The molecule has 2 N–H and O–H groups in total. The summed E-state index contributed by atoms with van der Waals surface area (Å²) in [6.45, 7) is 2.90. The molecule has 7 rings (SSSR count). The molecule has 0 atom stereocenters. The van der Waals surface area contributed by atoms with E-state index in [2.05, 4.69) is 28.0 Å². The average Bonchev–Trinajstić information content (AvgIpc) is 2.96. The molecular weight excluding hydrogens is 520 g/mol. The van der Waals surface area contributed by atoms with Gasteiger partial charge in [-0.25, -0.2) is 5.43 Å². The standard InChI is InChI=1S/C32H40N4O5/c1-39-29-15-22(19-33-35-30(37)20-36-8-10-40-11-9-36)2-7-28(29)41-21-31(38)34-27-5-3-26(4-6-27)32-16-23-12-24(17-32)14-25(13-23)18-32/h2-7,15,19,23-25H,8-14,16-18,20-21H2,1H3,(H,34,38)(H,35,37)/b33-19+. The molecule has 4 saturated carbocycles. The number of nitrogens with one attached hydrogen (secondary N) is 2. The zero-order valence-corrected chi connectivity index (χ0v) is 23.8. The Hall–Kier alpha value is -3.43. The van der Waals surface area contributed by atoms with Crippen molar-refractivity contribution in [1.82, 2.24) is 10.3 Å². The third-order valence-corrected chi connectivity index (χ3v) is 9.24. The highest BCUT2D eigenvalue weighted by Crippen LogP contribution is 2.60. The van der Waals surface area contributed by atoms with Crippen LogP contribution in [0.3, 0.4) is 0 Å². The number of nitrogens with zero attached hydrogens (tertiary/aromatic N) is 2. The lowest BCUT2D eigenvalue weighted by molar-refractivity contribution is -0.123. The van der Waals surface area contributed by atoms with Gasteiger partial charge in [0.05, 0.1) is 33.1 Å². The van der Waals surface area contributed by atoms with E-state index in [4.69, 9.17) is 14.2 Å². The molecule has 2 amide bonds. The number of benzene rings is 2. The lowest BCUT2D eigenvalue weighted by Gasteiger charge is -2.57. The predicted octanol–water partition coefficient (Wildman–Crippen LogP) is 3.96. The predicted molar refractivity (Wildman–Crippen MR) is 156 cm³/mol. The SMILES string of the molecule is COc1cc(/C=N/NC(=O)CN2CCOCC2)ccc1OCC(=O)Nc1ccc(C23CC4CC(CC(C4)C2)C3)cc1. The van der Waals surface area contributed by atoms with Crippen molar-refractivity contribution in [2.75, 3.05) is 51.9 Å². The maximum Gasteiger partial charge on any atom is 0.262 e. The van der Waals surface area contributed by atoms with Gasteiger partial charge in [0.2, 0.25) is 0 Å². The number of ether oxygens (including phenoxy) is 3. The first kappa shape index (κ1) is 27.7. The van der Waals surface area contributed by atoms with E-state index in [1.807, 2.05) is 17.0 Å². The number of anilines is 1. The summed E-state index contributed by atoms with van der Waals surface area (Å²) in [5.41, 5.74) is 5.85. The van der Waals surface area contributed by atoms with E-state index in [0.717, 1.165) is 42.1 Å². The summed E-state index contributed by atoms with van der Waals surface area (Å²) in [5.74, 6) is 3.23. The molecule has 2 aromatic carbocycles. The van der Waals surface area contributed by atoms with Gasteiger partial charge in [-0.15, -0.1) is 0 Å². The van der Waals surface area contributed by atoms with Crippen LogP contribution in [-0.2, 0) is 19.7 Å². The molecular formula is C32H40N4O5. The van der Waals surface area contributed by atoms with Crippen molar-refractivity contribution in [2.45, 2.75) is 43.9 Å². The molecule has 218 valence electrons. The first-order chi connectivity index (χ1) is 20.0. The molecule has 0 spiro atoms. The lowest BCUT2D eigenvalue weighted by Crippen LogP contribution is -2.48. The summed E-state index contributed by atoms with van der Waals surface area (Å²) >= 11 is 0. The summed E-state index contributed by atoms with van der Waals surface area (Å²) in [6, 6.07) is 13.8. The summed E-state index contributed by atoms with van der Waals surface area (Å²) < 4.78 is 16.5. The van der Waals surface area contributed by atoms with E-state index in [9.17, 15) is 9.59 Å². The van der Waals surface area contributed by atoms with Gasteiger partial charge in [-0.3, -0.25) is 14.5 Å². The third-order valence-electron chi connectivity index (χ3n) is 9.24. The van der Waals surface area contributed by atoms with Gasteiger partial charge in [0.15, 0.2) is 18.1 Å². The van der Waals surface area contributed by atoms with Gasteiger partial charge in [0.25, 0.3) is 11.8 Å². The highest BCUT2D eigenvalue weighted by molar-refractivity contribution is 5.92. The molecule has 9 nitrogen and oxygen atoms in total. The number of amides is 2. The van der Waals surface area contributed by atoms with Crippen molar-refractivity contribution in [3.05, 3.63) is 53.6 Å². The van der Waals surface area contributed by atoms with Crippen LogP contribution < -0.4 is 20.2 Å². The van der Waals surface area contributed by atoms with E-state index >= 15 is 0 Å². The summed E-state index contributed by atoms with van der Waals surface area (Å²) in [6.07, 6.45) is 9.83. The van der Waals surface area contributed by atoms with Crippen LogP contribution in [0.5, 0.6) is 11.5 Å². The Morgan fingerprint density at radius 2 is 1.66 bits per heavy atom. The van der Waals surface area contributed by atoms with Crippen LogP contribution in [0.15, 0.2) is 47.6 Å². The molecule has 1 saturated heterocycles. The third kappa shape index (κ3) is 6.57. The molecule has 2 aromatic rings. The fourth-order valence-corrected chi connectivity index (χ4v) is 7.77. The largest absolute Gasteiger partial charge is 0.493 e. The number of methoxy groups -OCH3 is 1. The Morgan fingerprint density at radius 1 is 0.976 bits per heavy atom. The van der Waals surface area contributed by atoms with Gasteiger partial charge in [0.1, 0.15) is 0 Å². The topological polar surface area (TPSA) is 101 Å². The Morgan fingerprint density at radius 3 is 2.32 bits per heavy atom. The number of carbonyl (C=O) groups excluding carboxylic acids is 2. The van der Waals surface area contributed by atoms with Crippen LogP contribution in [0, 0.1) is 17.8 Å². The van der Waals surface area contributed by atoms with Gasteiger partial charge >= 0.3 is 0 Å². The fourth-order valence-electron chi connectivity index (χ4n) is 7.77. The molecule has 4 aliphatic carbocycles. The van der Waals surface area contributed by atoms with Crippen LogP contribution in [-0.4, -0.2) is 69.5 Å². The van der Waals surface area contributed by atoms with Gasteiger partial charge in [-0.2, -0.15) is 5.10 Å². The molecule has 1 aliphatic heterocycles. The highest BCUT2D eigenvalue weighted by atomic mass is 16.5. The maximum absolute atomic E-state index is 12.7. The molecule has 9 heteroatoms. The maximum atomic E-state index is 12.7. The first-order valence-electron chi connectivity index (χ1n) is 14.8. The van der Waals surface area contributed by atoms with Crippen molar-refractivity contribution < 1.29 is 23.8 Å². The van der Waals surface area contributed by atoms with E-state index < -0.39 is 0 Å². The summed E-state index contributed by atoms with van der Waals surface area (Å²) in [5, 5.41) is 7.00. The second-order valence-electron chi connectivity index (χ2n) is 12.2. The minimum atomic E-state index is -0.233. The number of carbonyl (C=O) groups is 2. The van der Waals surface area contributed by atoms with Crippen molar-refractivity contribution in [2.24, 2.45) is 22.9 Å². The Balaban J connectivity index is 0.983. The number of morpholine rings is 1. The van der Waals surface area contributed by atoms with E-state index in [0.29, 0.717) is 30.1 Å². The van der Waals surface area contributed by atoms with Gasteiger partial charge in [-0.05, 0) is 103 Å². The van der Waals surface area contributed by atoms with Gasteiger partial charge < -0.3 is 19.5 Å². The lowest BCUT2D eigenvalue weighted by atomic mass is 9.48. The molecule has 0 aromatic heterocycles. The second-order valence-corrected chi connectivity index (χ2v) is 12.2. The Bertz CT molecular complexity index is 1240. The fraction of sp³-hybridized carbons (Fsp3) is 0.531. The minimum Gasteiger partial charge on any atom is -0.493 e. The average molecular weight is 561 g/mol. The molecule has 0 unspecified atom stereocenters. The summed E-state index contributed by atoms with van der Waals surface area (Å²) in [7, 11) is 1.54. The van der Waals surface area contributed by atoms with Crippen molar-refractivity contribution in [3.8, 4) is 11.5 Å². The minimum absolute atomic E-state index is 0.141. The van der Waals surface area contributed by atoms with Crippen LogP contribution >= 0.6 is 0 Å². The molecule has 5 aliphatic rings. The summed E-state index contributed by atoms with van der Waals surface area (Å²) in [4.78, 5) is 26.8. The number of hydrogen-bond acceptors (Lipinski definition) is 7. The normalized spacial score (nSPS) is 27.1. The molecule has 5 fully saturated rings. The number of rotatable bonds is 10. The van der Waals surface area contributed by atoms with Crippen LogP contribution in [0.2, 0.25) is 0 Å². The smallest absolute Gasteiger partial charge is 0.262 e.